The first kappa shape index (κ1) is 15.1. The van der Waals surface area contributed by atoms with Gasteiger partial charge in [0.2, 0.25) is 5.91 Å². The van der Waals surface area contributed by atoms with Crippen LogP contribution in [-0.2, 0) is 11.2 Å². The molecule has 0 unspecified atom stereocenters. The van der Waals surface area contributed by atoms with Gasteiger partial charge in [0.1, 0.15) is 0 Å². The highest BCUT2D eigenvalue weighted by Crippen LogP contribution is 2.18. The number of carbonyl (C=O) groups is 1. The van der Waals surface area contributed by atoms with Crippen molar-refractivity contribution in [2.45, 2.75) is 13.3 Å². The number of hydrogen-bond donors (Lipinski definition) is 2. The van der Waals surface area contributed by atoms with Gasteiger partial charge in [-0.2, -0.15) is 0 Å². The lowest BCUT2D eigenvalue weighted by atomic mass is 10.1. The lowest BCUT2D eigenvalue weighted by Crippen LogP contribution is -2.21. The quantitative estimate of drug-likeness (QED) is 0.731. The van der Waals surface area contributed by atoms with E-state index in [1.54, 1.807) is 0 Å². The molecule has 0 fully saturated rings. The van der Waals surface area contributed by atoms with E-state index in [4.69, 9.17) is 0 Å². The maximum Gasteiger partial charge on any atom is 0.243 e. The second kappa shape index (κ2) is 6.97. The normalized spacial score (nSPS) is 10.5. The molecular formula is C20H20N2O. The van der Waals surface area contributed by atoms with Crippen molar-refractivity contribution in [3.05, 3.63) is 72.3 Å². The summed E-state index contributed by atoms with van der Waals surface area (Å²) >= 11 is 0. The summed E-state index contributed by atoms with van der Waals surface area (Å²) in [5.74, 6) is -0.0533. The van der Waals surface area contributed by atoms with E-state index in [0.29, 0.717) is 0 Å². The van der Waals surface area contributed by atoms with Crippen molar-refractivity contribution in [2.75, 3.05) is 17.2 Å². The molecule has 0 saturated heterocycles. The predicted molar refractivity (Wildman–Crippen MR) is 96.9 cm³/mol. The van der Waals surface area contributed by atoms with Crippen LogP contribution in [-0.4, -0.2) is 12.5 Å². The van der Waals surface area contributed by atoms with E-state index in [9.17, 15) is 4.79 Å². The second-order valence-electron chi connectivity index (χ2n) is 5.51. The summed E-state index contributed by atoms with van der Waals surface area (Å²) in [5.41, 5.74) is 3.03. The fourth-order valence-electron chi connectivity index (χ4n) is 2.51. The lowest BCUT2D eigenvalue weighted by Gasteiger charge is -2.09. The van der Waals surface area contributed by atoms with Gasteiger partial charge in [-0.05, 0) is 47.0 Å². The molecule has 23 heavy (non-hydrogen) atoms. The van der Waals surface area contributed by atoms with Crippen LogP contribution in [0.3, 0.4) is 0 Å². The molecule has 3 aromatic carbocycles. The van der Waals surface area contributed by atoms with E-state index in [-0.39, 0.29) is 12.5 Å². The van der Waals surface area contributed by atoms with Gasteiger partial charge >= 0.3 is 0 Å². The summed E-state index contributed by atoms with van der Waals surface area (Å²) in [6.07, 6.45) is 0.998. The molecule has 3 heteroatoms. The molecule has 3 rings (SSSR count). The van der Waals surface area contributed by atoms with Crippen LogP contribution in [0.4, 0.5) is 11.4 Å². The third-order valence-electron chi connectivity index (χ3n) is 3.85. The monoisotopic (exact) mass is 304 g/mol. The first-order valence-corrected chi connectivity index (χ1v) is 7.86. The average Bonchev–Trinajstić information content (AvgIpc) is 2.60. The summed E-state index contributed by atoms with van der Waals surface area (Å²) in [6, 6.07) is 22.2. The second-order valence-corrected chi connectivity index (χ2v) is 5.51. The third kappa shape index (κ3) is 3.89. The Balaban J connectivity index is 1.58. The van der Waals surface area contributed by atoms with Crippen molar-refractivity contribution in [3.8, 4) is 0 Å². The summed E-state index contributed by atoms with van der Waals surface area (Å²) in [6.45, 7) is 2.36. The van der Waals surface area contributed by atoms with Gasteiger partial charge in [0, 0.05) is 11.4 Å². The molecule has 0 saturated carbocycles. The smallest absolute Gasteiger partial charge is 0.243 e. The minimum atomic E-state index is -0.0533. The highest BCUT2D eigenvalue weighted by atomic mass is 16.1. The molecule has 3 aromatic rings. The van der Waals surface area contributed by atoms with Gasteiger partial charge < -0.3 is 10.6 Å². The molecule has 0 bridgehead atoms. The SMILES string of the molecule is CCc1ccc(NC(=O)CNc2ccc3ccccc3c2)cc1. The standard InChI is InChI=1S/C20H20N2O/c1-2-15-7-10-18(11-8-15)22-20(23)14-21-19-12-9-16-5-3-4-6-17(16)13-19/h3-13,21H,2,14H2,1H3,(H,22,23). The zero-order valence-electron chi connectivity index (χ0n) is 13.2. The van der Waals surface area contributed by atoms with Crippen LogP contribution in [0.15, 0.2) is 66.7 Å². The molecule has 0 spiro atoms. The van der Waals surface area contributed by atoms with Crippen molar-refractivity contribution in [2.24, 2.45) is 0 Å². The van der Waals surface area contributed by atoms with Gasteiger partial charge in [-0.1, -0.05) is 49.4 Å². The predicted octanol–water partition coefficient (Wildman–Crippen LogP) is 4.45. The number of aryl methyl sites for hydroxylation is 1. The Bertz CT molecular complexity index is 809. The molecule has 116 valence electrons. The molecule has 0 radical (unpaired) electrons. The average molecular weight is 304 g/mol. The van der Waals surface area contributed by atoms with Gasteiger partial charge in [-0.3, -0.25) is 4.79 Å². The number of benzene rings is 3. The molecule has 2 N–H and O–H groups in total. The van der Waals surface area contributed by atoms with E-state index in [2.05, 4.69) is 41.8 Å². The Morgan fingerprint density at radius 2 is 1.57 bits per heavy atom. The van der Waals surface area contributed by atoms with Gasteiger partial charge in [-0.15, -0.1) is 0 Å². The number of rotatable bonds is 5. The Morgan fingerprint density at radius 3 is 2.30 bits per heavy atom. The summed E-state index contributed by atoms with van der Waals surface area (Å²) in [7, 11) is 0. The molecule has 3 nitrogen and oxygen atoms in total. The molecule has 1 amide bonds. The van der Waals surface area contributed by atoms with Crippen molar-refractivity contribution in [3.63, 3.8) is 0 Å². The zero-order chi connectivity index (χ0) is 16.1. The molecule has 0 aliphatic rings. The largest absolute Gasteiger partial charge is 0.376 e. The number of amides is 1. The van der Waals surface area contributed by atoms with Crippen LogP contribution in [0.2, 0.25) is 0 Å². The summed E-state index contributed by atoms with van der Waals surface area (Å²) < 4.78 is 0. The van der Waals surface area contributed by atoms with Crippen LogP contribution in [0.1, 0.15) is 12.5 Å². The highest BCUT2D eigenvalue weighted by molar-refractivity contribution is 5.94. The molecule has 0 aliphatic heterocycles. The lowest BCUT2D eigenvalue weighted by molar-refractivity contribution is -0.114. The van der Waals surface area contributed by atoms with E-state index in [1.165, 1.54) is 10.9 Å². The Labute approximate surface area is 136 Å². The van der Waals surface area contributed by atoms with E-state index in [1.807, 2.05) is 42.5 Å². The zero-order valence-corrected chi connectivity index (χ0v) is 13.2. The first-order chi connectivity index (χ1) is 11.2. The maximum absolute atomic E-state index is 12.0. The molecule has 0 aromatic heterocycles. The van der Waals surface area contributed by atoms with E-state index < -0.39 is 0 Å². The number of anilines is 2. The van der Waals surface area contributed by atoms with Crippen LogP contribution < -0.4 is 10.6 Å². The number of nitrogens with one attached hydrogen (secondary N) is 2. The number of hydrogen-bond acceptors (Lipinski definition) is 2. The fraction of sp³-hybridized carbons (Fsp3) is 0.150. The Hall–Kier alpha value is -2.81. The summed E-state index contributed by atoms with van der Waals surface area (Å²) in [5, 5.41) is 8.42. The van der Waals surface area contributed by atoms with Crippen LogP contribution >= 0.6 is 0 Å². The van der Waals surface area contributed by atoms with Crippen molar-refractivity contribution in [1.29, 1.82) is 0 Å². The van der Waals surface area contributed by atoms with Gasteiger partial charge in [0.25, 0.3) is 0 Å². The van der Waals surface area contributed by atoms with Crippen molar-refractivity contribution >= 4 is 28.1 Å². The van der Waals surface area contributed by atoms with E-state index in [0.717, 1.165) is 23.2 Å². The summed E-state index contributed by atoms with van der Waals surface area (Å²) in [4.78, 5) is 12.0. The van der Waals surface area contributed by atoms with Gasteiger partial charge in [-0.25, -0.2) is 0 Å². The van der Waals surface area contributed by atoms with Gasteiger partial charge in [0.05, 0.1) is 6.54 Å². The Kier molecular flexibility index (Phi) is 4.57. The minimum Gasteiger partial charge on any atom is -0.376 e. The fourth-order valence-corrected chi connectivity index (χ4v) is 2.51. The van der Waals surface area contributed by atoms with Crippen LogP contribution in [0.25, 0.3) is 10.8 Å². The van der Waals surface area contributed by atoms with Crippen LogP contribution in [0.5, 0.6) is 0 Å². The first-order valence-electron chi connectivity index (χ1n) is 7.86. The molecule has 0 atom stereocenters. The topological polar surface area (TPSA) is 41.1 Å². The van der Waals surface area contributed by atoms with Crippen LogP contribution in [0, 0.1) is 0 Å². The molecule has 0 heterocycles. The highest BCUT2D eigenvalue weighted by Gasteiger charge is 2.03. The molecule has 0 aliphatic carbocycles. The number of carbonyl (C=O) groups excluding carboxylic acids is 1. The number of fused-ring (bicyclic) bond motifs is 1. The third-order valence-corrected chi connectivity index (χ3v) is 3.85. The Morgan fingerprint density at radius 1 is 0.870 bits per heavy atom. The van der Waals surface area contributed by atoms with Crippen molar-refractivity contribution < 1.29 is 4.79 Å². The maximum atomic E-state index is 12.0. The van der Waals surface area contributed by atoms with Gasteiger partial charge in [0.15, 0.2) is 0 Å². The van der Waals surface area contributed by atoms with Crippen molar-refractivity contribution in [1.82, 2.24) is 0 Å². The molecular weight excluding hydrogens is 284 g/mol. The van der Waals surface area contributed by atoms with E-state index >= 15 is 0 Å². The minimum absolute atomic E-state index is 0.0533.